The quantitative estimate of drug-likeness (QED) is 0.656. The number of aromatic nitrogens is 3. The van der Waals surface area contributed by atoms with Crippen LogP contribution < -0.4 is 5.43 Å². The van der Waals surface area contributed by atoms with Crippen molar-refractivity contribution in [2.24, 2.45) is 7.05 Å². The largest absolute Gasteiger partial charge is 0.346 e. The normalized spacial score (nSPS) is 17.1. The molecule has 29 heavy (non-hydrogen) atoms. The highest BCUT2D eigenvalue weighted by atomic mass is 32.2. The third kappa shape index (κ3) is 2.75. The van der Waals surface area contributed by atoms with Gasteiger partial charge in [0.1, 0.15) is 5.56 Å². The fourth-order valence-corrected chi connectivity index (χ4v) is 5.34. The number of aryl methyl sites for hydroxylation is 4. The highest BCUT2D eigenvalue weighted by Gasteiger charge is 2.29. The summed E-state index contributed by atoms with van der Waals surface area (Å²) < 4.78 is 3.91. The van der Waals surface area contributed by atoms with Gasteiger partial charge in [-0.1, -0.05) is 12.1 Å². The SMILES string of the molecule is Cc1nn(C)c(C)c1/C=C1/SCCN1C(=O)c1cn2c3c(cccc3c1=O)CC2. The highest BCUT2D eigenvalue weighted by molar-refractivity contribution is 8.03. The van der Waals surface area contributed by atoms with Crippen molar-refractivity contribution in [1.29, 1.82) is 0 Å². The van der Waals surface area contributed by atoms with Gasteiger partial charge in [0.05, 0.1) is 16.2 Å². The molecule has 3 aromatic rings. The first-order chi connectivity index (χ1) is 14.0. The van der Waals surface area contributed by atoms with Crippen LogP contribution in [0, 0.1) is 13.8 Å². The summed E-state index contributed by atoms with van der Waals surface area (Å²) >= 11 is 1.65. The molecule has 2 aromatic heterocycles. The number of nitrogens with zero attached hydrogens (tertiary/aromatic N) is 4. The Balaban J connectivity index is 1.58. The average Bonchev–Trinajstić information content (AvgIpc) is 3.40. The molecule has 0 bridgehead atoms. The van der Waals surface area contributed by atoms with Crippen molar-refractivity contribution >= 4 is 34.6 Å². The molecular formula is C22H22N4O2S. The molecule has 5 rings (SSSR count). The molecule has 2 aliphatic rings. The number of benzene rings is 1. The summed E-state index contributed by atoms with van der Waals surface area (Å²) in [6.45, 7) is 5.40. The molecule has 0 aliphatic carbocycles. The van der Waals surface area contributed by atoms with Crippen molar-refractivity contribution in [3.05, 3.63) is 67.7 Å². The summed E-state index contributed by atoms with van der Waals surface area (Å²) in [4.78, 5) is 28.3. The van der Waals surface area contributed by atoms with Crippen LogP contribution in [-0.4, -0.2) is 37.5 Å². The zero-order valence-electron chi connectivity index (χ0n) is 16.7. The molecule has 2 aliphatic heterocycles. The van der Waals surface area contributed by atoms with Crippen LogP contribution >= 0.6 is 11.8 Å². The van der Waals surface area contributed by atoms with Crippen LogP contribution in [0.2, 0.25) is 0 Å². The van der Waals surface area contributed by atoms with E-state index in [2.05, 4.69) is 15.7 Å². The van der Waals surface area contributed by atoms with E-state index in [-0.39, 0.29) is 16.9 Å². The predicted molar refractivity (Wildman–Crippen MR) is 116 cm³/mol. The Morgan fingerprint density at radius 1 is 1.24 bits per heavy atom. The zero-order valence-corrected chi connectivity index (χ0v) is 17.5. The van der Waals surface area contributed by atoms with Gasteiger partial charge in [-0.3, -0.25) is 14.3 Å². The van der Waals surface area contributed by atoms with Crippen LogP contribution in [0.1, 0.15) is 32.9 Å². The van der Waals surface area contributed by atoms with Gasteiger partial charge < -0.3 is 9.47 Å². The molecule has 1 aromatic carbocycles. The molecule has 6 nitrogen and oxygen atoms in total. The second-order valence-electron chi connectivity index (χ2n) is 7.62. The molecule has 1 saturated heterocycles. The number of amides is 1. The lowest BCUT2D eigenvalue weighted by Crippen LogP contribution is -2.31. The average molecular weight is 407 g/mol. The van der Waals surface area contributed by atoms with E-state index in [9.17, 15) is 9.59 Å². The maximum absolute atomic E-state index is 13.4. The summed E-state index contributed by atoms with van der Waals surface area (Å²) in [7, 11) is 1.92. The molecule has 0 unspecified atom stereocenters. The second-order valence-corrected chi connectivity index (χ2v) is 8.74. The lowest BCUT2D eigenvalue weighted by Gasteiger charge is -2.18. The number of thioether (sulfide) groups is 1. The van der Waals surface area contributed by atoms with Gasteiger partial charge >= 0.3 is 0 Å². The van der Waals surface area contributed by atoms with Crippen LogP contribution in [0.25, 0.3) is 17.0 Å². The van der Waals surface area contributed by atoms with Crippen LogP contribution in [0.5, 0.6) is 0 Å². The fourth-order valence-electron chi connectivity index (χ4n) is 4.33. The van der Waals surface area contributed by atoms with Crippen LogP contribution in [-0.2, 0) is 20.0 Å². The summed E-state index contributed by atoms with van der Waals surface area (Å²) in [6, 6.07) is 5.80. The van der Waals surface area contributed by atoms with E-state index in [1.807, 2.05) is 43.8 Å². The van der Waals surface area contributed by atoms with E-state index < -0.39 is 0 Å². The maximum Gasteiger partial charge on any atom is 0.264 e. The van der Waals surface area contributed by atoms with Crippen molar-refractivity contribution in [3.63, 3.8) is 0 Å². The Labute approximate surface area is 172 Å². The molecule has 4 heterocycles. The Morgan fingerprint density at radius 3 is 2.83 bits per heavy atom. The van der Waals surface area contributed by atoms with E-state index in [1.54, 1.807) is 22.9 Å². The van der Waals surface area contributed by atoms with Crippen LogP contribution in [0.15, 0.2) is 34.2 Å². The van der Waals surface area contributed by atoms with Crippen molar-refractivity contribution < 1.29 is 4.79 Å². The third-order valence-corrected chi connectivity index (χ3v) is 6.96. The van der Waals surface area contributed by atoms with E-state index in [1.165, 1.54) is 5.56 Å². The van der Waals surface area contributed by atoms with Crippen molar-refractivity contribution in [2.75, 3.05) is 12.3 Å². The van der Waals surface area contributed by atoms with Gasteiger partial charge in [0.15, 0.2) is 0 Å². The van der Waals surface area contributed by atoms with Crippen molar-refractivity contribution in [1.82, 2.24) is 19.2 Å². The standard InChI is InChI=1S/C22H22N4O2S/c1-13-17(14(2)24(3)23-13)11-19-26(9-10-29-19)22(28)18-12-25-8-7-15-5-4-6-16(20(15)25)21(18)27/h4-6,11-12H,7-10H2,1-3H3/b19-11+. The molecule has 7 heteroatoms. The Kier molecular flexibility index (Phi) is 4.17. The summed E-state index contributed by atoms with van der Waals surface area (Å²) in [5.74, 6) is 0.607. The predicted octanol–water partition coefficient (Wildman–Crippen LogP) is 3.10. The number of rotatable bonds is 2. The molecule has 0 radical (unpaired) electrons. The van der Waals surface area contributed by atoms with Crippen molar-refractivity contribution in [3.8, 4) is 0 Å². The Morgan fingerprint density at radius 2 is 2.07 bits per heavy atom. The molecule has 0 spiro atoms. The monoisotopic (exact) mass is 406 g/mol. The van der Waals surface area contributed by atoms with Crippen LogP contribution in [0.4, 0.5) is 0 Å². The lowest BCUT2D eigenvalue weighted by atomic mass is 10.1. The number of pyridine rings is 1. The van der Waals surface area contributed by atoms with Gasteiger partial charge in [0.2, 0.25) is 5.43 Å². The molecule has 0 saturated carbocycles. The third-order valence-electron chi connectivity index (χ3n) is 5.94. The van der Waals surface area contributed by atoms with Gasteiger partial charge in [0, 0.05) is 48.7 Å². The van der Waals surface area contributed by atoms with Crippen LogP contribution in [0.3, 0.4) is 0 Å². The van der Waals surface area contributed by atoms with Gasteiger partial charge in [-0.25, -0.2) is 0 Å². The summed E-state index contributed by atoms with van der Waals surface area (Å²) in [5, 5.41) is 5.98. The minimum absolute atomic E-state index is 0.171. The molecule has 0 atom stereocenters. The topological polar surface area (TPSA) is 60.1 Å². The number of para-hydroxylation sites is 1. The van der Waals surface area contributed by atoms with Crippen molar-refractivity contribution in [2.45, 2.75) is 26.8 Å². The Bertz CT molecular complexity index is 1270. The minimum Gasteiger partial charge on any atom is -0.346 e. The molecule has 1 fully saturated rings. The minimum atomic E-state index is -0.214. The van der Waals surface area contributed by atoms with Gasteiger partial charge in [-0.15, -0.1) is 11.8 Å². The fraction of sp³-hybridized carbons (Fsp3) is 0.318. The first-order valence-electron chi connectivity index (χ1n) is 9.77. The smallest absolute Gasteiger partial charge is 0.264 e. The van der Waals surface area contributed by atoms with E-state index in [4.69, 9.17) is 0 Å². The lowest BCUT2D eigenvalue weighted by molar-refractivity contribution is 0.0829. The van der Waals surface area contributed by atoms with E-state index in [0.717, 1.165) is 46.2 Å². The van der Waals surface area contributed by atoms with E-state index >= 15 is 0 Å². The number of carbonyl (C=O) groups is 1. The maximum atomic E-state index is 13.4. The van der Waals surface area contributed by atoms with E-state index in [0.29, 0.717) is 11.9 Å². The first kappa shape index (κ1) is 18.2. The zero-order chi connectivity index (χ0) is 20.3. The van der Waals surface area contributed by atoms with Gasteiger partial charge in [-0.2, -0.15) is 5.10 Å². The Hall–Kier alpha value is -2.80. The number of hydrogen-bond donors (Lipinski definition) is 0. The van der Waals surface area contributed by atoms with Gasteiger partial charge in [-0.05, 0) is 38.0 Å². The van der Waals surface area contributed by atoms with Gasteiger partial charge in [0.25, 0.3) is 5.91 Å². The molecule has 0 N–H and O–H groups in total. The first-order valence-corrected chi connectivity index (χ1v) is 10.8. The second kappa shape index (κ2) is 6.62. The summed E-state index contributed by atoms with van der Waals surface area (Å²) in [5.41, 5.74) is 5.26. The molecular weight excluding hydrogens is 384 g/mol. The number of carbonyl (C=O) groups excluding carboxylic acids is 1. The molecule has 1 amide bonds. The highest BCUT2D eigenvalue weighted by Crippen LogP contribution is 2.33. The summed E-state index contributed by atoms with van der Waals surface area (Å²) in [6.07, 6.45) is 4.69. The number of hydrogen-bond acceptors (Lipinski definition) is 4. The molecule has 148 valence electrons.